The Balaban J connectivity index is 3.07. The summed E-state index contributed by atoms with van der Waals surface area (Å²) in [6, 6.07) is 1.72. The molecule has 0 aromatic carbocycles. The number of ether oxygens (including phenoxy) is 1. The molecule has 0 N–H and O–H groups in total. The Hall–Kier alpha value is -1.45. The molecule has 0 radical (unpaired) electrons. The lowest BCUT2D eigenvalue weighted by atomic mass is 10.1. The lowest BCUT2D eigenvalue weighted by Crippen LogP contribution is -2.14. The fraction of sp³-hybridized carbons (Fsp3) is 0.545. The molecule has 0 aliphatic heterocycles. The van der Waals surface area contributed by atoms with Gasteiger partial charge in [-0.2, -0.15) is 4.73 Å². The monoisotopic (exact) mass is 211 g/mol. The van der Waals surface area contributed by atoms with Gasteiger partial charge in [0.1, 0.15) is 7.11 Å². The molecule has 0 unspecified atom stereocenters. The molecule has 0 aliphatic carbocycles. The third-order valence-corrected chi connectivity index (χ3v) is 2.13. The van der Waals surface area contributed by atoms with Gasteiger partial charge in [-0.05, 0) is 18.9 Å². The molecule has 4 nitrogen and oxygen atoms in total. The first-order chi connectivity index (χ1) is 7.11. The van der Waals surface area contributed by atoms with Crippen molar-refractivity contribution in [1.29, 1.82) is 0 Å². The van der Waals surface area contributed by atoms with Gasteiger partial charge in [-0.3, -0.25) is 0 Å². The van der Waals surface area contributed by atoms with Crippen LogP contribution in [0.15, 0.2) is 12.3 Å². The maximum Gasteiger partial charge on any atom is 0.340 e. The van der Waals surface area contributed by atoms with Gasteiger partial charge >= 0.3 is 5.97 Å². The number of aromatic nitrogens is 1. The van der Waals surface area contributed by atoms with Crippen LogP contribution in [-0.4, -0.2) is 24.4 Å². The molecule has 0 aliphatic rings. The highest BCUT2D eigenvalue weighted by Gasteiger charge is 2.19. The molecule has 0 saturated heterocycles. The Morgan fingerprint density at radius 1 is 1.53 bits per heavy atom. The lowest BCUT2D eigenvalue weighted by Gasteiger charge is -2.12. The van der Waals surface area contributed by atoms with Gasteiger partial charge in [0, 0.05) is 6.20 Å². The quantitative estimate of drug-likeness (QED) is 0.713. The Morgan fingerprint density at radius 2 is 2.20 bits per heavy atom. The number of carbonyl (C=O) groups is 1. The predicted octanol–water partition coefficient (Wildman–Crippen LogP) is 1.85. The highest BCUT2D eigenvalue weighted by Crippen LogP contribution is 2.20. The molecule has 0 spiro atoms. The molecule has 0 fully saturated rings. The van der Waals surface area contributed by atoms with Crippen LogP contribution in [0.4, 0.5) is 0 Å². The van der Waals surface area contributed by atoms with Crippen molar-refractivity contribution in [3.8, 4) is 0 Å². The van der Waals surface area contributed by atoms with Crippen molar-refractivity contribution < 1.29 is 14.4 Å². The number of esters is 1. The summed E-state index contributed by atoms with van der Waals surface area (Å²) in [5.74, 6) is -0.0867. The van der Waals surface area contributed by atoms with Crippen LogP contribution in [0.1, 0.15) is 42.7 Å². The van der Waals surface area contributed by atoms with E-state index in [9.17, 15) is 4.79 Å². The van der Waals surface area contributed by atoms with Gasteiger partial charge in [0.2, 0.25) is 0 Å². The van der Waals surface area contributed by atoms with Crippen LogP contribution in [0.2, 0.25) is 0 Å². The topological polar surface area (TPSA) is 40.5 Å². The zero-order valence-electron chi connectivity index (χ0n) is 9.61. The molecule has 1 heterocycles. The summed E-state index contributed by atoms with van der Waals surface area (Å²) in [7, 11) is 1.57. The van der Waals surface area contributed by atoms with Crippen molar-refractivity contribution in [3.63, 3.8) is 0 Å². The van der Waals surface area contributed by atoms with E-state index in [1.807, 2.05) is 13.8 Å². The standard InChI is InChI=1S/C11H17NO3/c1-5-15-11(13)9-6-7-12(14-4)10(9)8(2)3/h6-8H,5H2,1-4H3. The van der Waals surface area contributed by atoms with E-state index in [0.717, 1.165) is 5.69 Å². The van der Waals surface area contributed by atoms with Crippen LogP contribution in [0.5, 0.6) is 0 Å². The Kier molecular flexibility index (Phi) is 3.77. The van der Waals surface area contributed by atoms with Crippen molar-refractivity contribution in [3.05, 3.63) is 23.5 Å². The third kappa shape index (κ3) is 2.32. The van der Waals surface area contributed by atoms with E-state index in [1.54, 1.807) is 31.0 Å². The molecule has 1 rings (SSSR count). The van der Waals surface area contributed by atoms with Gasteiger partial charge in [0.25, 0.3) is 0 Å². The smallest absolute Gasteiger partial charge is 0.340 e. The summed E-state index contributed by atoms with van der Waals surface area (Å²) >= 11 is 0. The maximum absolute atomic E-state index is 11.6. The number of hydrogen-bond acceptors (Lipinski definition) is 3. The fourth-order valence-electron chi connectivity index (χ4n) is 1.53. The molecule has 0 bridgehead atoms. The van der Waals surface area contributed by atoms with E-state index >= 15 is 0 Å². The molecule has 0 atom stereocenters. The molecule has 0 saturated carbocycles. The molecule has 1 aromatic rings. The lowest BCUT2D eigenvalue weighted by molar-refractivity contribution is 0.0521. The summed E-state index contributed by atoms with van der Waals surface area (Å²) in [6.07, 6.45) is 1.72. The van der Waals surface area contributed by atoms with Gasteiger partial charge in [-0.15, -0.1) is 0 Å². The first-order valence-corrected chi connectivity index (χ1v) is 5.04. The predicted molar refractivity (Wildman–Crippen MR) is 57.0 cm³/mol. The van der Waals surface area contributed by atoms with E-state index < -0.39 is 0 Å². The summed E-state index contributed by atoms with van der Waals surface area (Å²) < 4.78 is 6.56. The second-order valence-electron chi connectivity index (χ2n) is 3.50. The minimum atomic E-state index is -0.294. The fourth-order valence-corrected chi connectivity index (χ4v) is 1.53. The van der Waals surface area contributed by atoms with Crippen LogP contribution >= 0.6 is 0 Å². The highest BCUT2D eigenvalue weighted by atomic mass is 16.6. The molecule has 84 valence electrons. The maximum atomic E-state index is 11.6. The van der Waals surface area contributed by atoms with Crippen LogP contribution in [-0.2, 0) is 4.74 Å². The molecular formula is C11H17NO3. The SMILES string of the molecule is CCOC(=O)c1ccn(OC)c1C(C)C. The number of rotatable bonds is 4. The summed E-state index contributed by atoms with van der Waals surface area (Å²) in [5, 5.41) is 0. The van der Waals surface area contributed by atoms with Gasteiger partial charge in [0.15, 0.2) is 0 Å². The average Bonchev–Trinajstić information content (AvgIpc) is 2.61. The van der Waals surface area contributed by atoms with Gasteiger partial charge in [-0.25, -0.2) is 4.79 Å². The first kappa shape index (κ1) is 11.6. The number of carbonyl (C=O) groups excluding carboxylic acids is 1. The summed E-state index contributed by atoms with van der Waals surface area (Å²) in [6.45, 7) is 6.19. The van der Waals surface area contributed by atoms with E-state index in [-0.39, 0.29) is 11.9 Å². The van der Waals surface area contributed by atoms with Crippen molar-refractivity contribution in [2.45, 2.75) is 26.7 Å². The van der Waals surface area contributed by atoms with Crippen molar-refractivity contribution >= 4 is 5.97 Å². The van der Waals surface area contributed by atoms with E-state index in [0.29, 0.717) is 12.2 Å². The number of hydrogen-bond donors (Lipinski definition) is 0. The Labute approximate surface area is 89.7 Å². The number of nitrogens with zero attached hydrogens (tertiary/aromatic N) is 1. The minimum Gasteiger partial charge on any atom is -0.462 e. The van der Waals surface area contributed by atoms with Gasteiger partial charge < -0.3 is 9.57 Å². The normalized spacial score (nSPS) is 10.5. The van der Waals surface area contributed by atoms with Crippen molar-refractivity contribution in [1.82, 2.24) is 4.73 Å². The molecule has 15 heavy (non-hydrogen) atoms. The molecular weight excluding hydrogens is 194 g/mol. The second-order valence-corrected chi connectivity index (χ2v) is 3.50. The Bertz CT molecular complexity index is 342. The first-order valence-electron chi connectivity index (χ1n) is 5.04. The van der Waals surface area contributed by atoms with Crippen LogP contribution in [0.25, 0.3) is 0 Å². The van der Waals surface area contributed by atoms with Crippen molar-refractivity contribution in [2.75, 3.05) is 13.7 Å². The van der Waals surface area contributed by atoms with Crippen LogP contribution < -0.4 is 4.84 Å². The van der Waals surface area contributed by atoms with E-state index in [1.165, 1.54) is 0 Å². The largest absolute Gasteiger partial charge is 0.462 e. The van der Waals surface area contributed by atoms with E-state index in [4.69, 9.17) is 9.57 Å². The summed E-state index contributed by atoms with van der Waals surface area (Å²) in [4.78, 5) is 16.7. The zero-order valence-corrected chi connectivity index (χ0v) is 9.61. The molecule has 4 heteroatoms. The average molecular weight is 211 g/mol. The van der Waals surface area contributed by atoms with E-state index in [2.05, 4.69) is 0 Å². The Morgan fingerprint density at radius 3 is 2.67 bits per heavy atom. The van der Waals surface area contributed by atoms with Gasteiger partial charge in [0.05, 0.1) is 17.9 Å². The van der Waals surface area contributed by atoms with Crippen LogP contribution in [0.3, 0.4) is 0 Å². The second kappa shape index (κ2) is 4.87. The van der Waals surface area contributed by atoms with Crippen molar-refractivity contribution in [2.24, 2.45) is 0 Å². The zero-order chi connectivity index (χ0) is 11.4. The van der Waals surface area contributed by atoms with Crippen LogP contribution in [0, 0.1) is 0 Å². The molecule has 0 amide bonds. The molecule has 1 aromatic heterocycles. The third-order valence-electron chi connectivity index (χ3n) is 2.13. The minimum absolute atomic E-state index is 0.208. The summed E-state index contributed by atoms with van der Waals surface area (Å²) in [5.41, 5.74) is 1.42. The highest BCUT2D eigenvalue weighted by molar-refractivity contribution is 5.91. The van der Waals surface area contributed by atoms with Gasteiger partial charge in [-0.1, -0.05) is 13.8 Å².